The molecule has 0 saturated carbocycles. The second kappa shape index (κ2) is 8.22. The van der Waals surface area contributed by atoms with Crippen molar-refractivity contribution in [3.8, 4) is 0 Å². The molecule has 0 amide bonds. The summed E-state index contributed by atoms with van der Waals surface area (Å²) in [4.78, 5) is 6.69. The van der Waals surface area contributed by atoms with Crippen molar-refractivity contribution in [1.29, 1.82) is 0 Å². The third kappa shape index (κ3) is 4.55. The van der Waals surface area contributed by atoms with Crippen molar-refractivity contribution in [3.05, 3.63) is 57.8 Å². The monoisotopic (exact) mass is 370 g/mol. The van der Waals surface area contributed by atoms with Crippen LogP contribution >= 0.6 is 11.3 Å². The van der Waals surface area contributed by atoms with Crippen LogP contribution in [0.15, 0.2) is 41.8 Å². The molecule has 4 rings (SSSR count). The van der Waals surface area contributed by atoms with Crippen LogP contribution in [0.25, 0.3) is 0 Å². The SMILES string of the molecule is Cc1cccc(CN2CCC[C@@]3(CC2)CN(Cc2cccs2)CCO3)c1. The van der Waals surface area contributed by atoms with Gasteiger partial charge in [0.2, 0.25) is 0 Å². The number of likely N-dealkylation sites (tertiary alicyclic amines) is 1. The van der Waals surface area contributed by atoms with Crippen molar-refractivity contribution in [2.24, 2.45) is 0 Å². The smallest absolute Gasteiger partial charge is 0.0822 e. The molecule has 3 nitrogen and oxygen atoms in total. The maximum atomic E-state index is 6.39. The molecule has 0 unspecified atom stereocenters. The first-order valence-corrected chi connectivity index (χ1v) is 10.8. The zero-order valence-corrected chi connectivity index (χ0v) is 16.6. The van der Waals surface area contributed by atoms with E-state index in [9.17, 15) is 0 Å². The van der Waals surface area contributed by atoms with Gasteiger partial charge in [-0.05, 0) is 49.7 Å². The fourth-order valence-corrected chi connectivity index (χ4v) is 5.18. The van der Waals surface area contributed by atoms with Crippen LogP contribution in [0, 0.1) is 6.92 Å². The Balaban J connectivity index is 1.36. The van der Waals surface area contributed by atoms with Crippen molar-refractivity contribution in [2.45, 2.75) is 44.9 Å². The van der Waals surface area contributed by atoms with Gasteiger partial charge in [-0.2, -0.15) is 0 Å². The van der Waals surface area contributed by atoms with Gasteiger partial charge in [0, 0.05) is 37.6 Å². The summed E-state index contributed by atoms with van der Waals surface area (Å²) in [6.45, 7) is 9.68. The molecule has 0 radical (unpaired) electrons. The van der Waals surface area contributed by atoms with Gasteiger partial charge in [-0.25, -0.2) is 0 Å². The molecule has 1 atom stereocenters. The van der Waals surface area contributed by atoms with Crippen LogP contribution in [-0.2, 0) is 17.8 Å². The number of aryl methyl sites for hydroxylation is 1. The van der Waals surface area contributed by atoms with E-state index in [1.807, 2.05) is 11.3 Å². The zero-order chi connectivity index (χ0) is 17.8. The Labute approximate surface area is 161 Å². The lowest BCUT2D eigenvalue weighted by Crippen LogP contribution is -2.51. The van der Waals surface area contributed by atoms with Crippen molar-refractivity contribution in [3.63, 3.8) is 0 Å². The summed E-state index contributed by atoms with van der Waals surface area (Å²) in [7, 11) is 0. The molecule has 2 aliphatic heterocycles. The number of hydrogen-bond acceptors (Lipinski definition) is 4. The first kappa shape index (κ1) is 18.2. The highest BCUT2D eigenvalue weighted by Crippen LogP contribution is 2.31. The molecule has 2 aromatic rings. The van der Waals surface area contributed by atoms with E-state index in [4.69, 9.17) is 4.74 Å². The highest BCUT2D eigenvalue weighted by molar-refractivity contribution is 7.09. The van der Waals surface area contributed by atoms with Crippen LogP contribution in [-0.4, -0.2) is 48.2 Å². The van der Waals surface area contributed by atoms with Crippen LogP contribution in [0.1, 0.15) is 35.3 Å². The molecular formula is C22H30N2OS. The normalized spacial score (nSPS) is 25.4. The molecule has 1 spiro atoms. The second-order valence-electron chi connectivity index (χ2n) is 7.94. The number of rotatable bonds is 4. The Hall–Kier alpha value is -1.20. The average Bonchev–Trinajstić information content (AvgIpc) is 3.06. The molecule has 26 heavy (non-hydrogen) atoms. The average molecular weight is 371 g/mol. The Morgan fingerprint density at radius 1 is 1.04 bits per heavy atom. The molecule has 140 valence electrons. The lowest BCUT2D eigenvalue weighted by Gasteiger charge is -2.42. The summed E-state index contributed by atoms with van der Waals surface area (Å²) >= 11 is 1.87. The van der Waals surface area contributed by atoms with E-state index in [1.165, 1.54) is 35.4 Å². The summed E-state index contributed by atoms with van der Waals surface area (Å²) in [5, 5.41) is 2.18. The molecule has 2 aliphatic rings. The van der Waals surface area contributed by atoms with Crippen LogP contribution in [0.3, 0.4) is 0 Å². The van der Waals surface area contributed by atoms with Gasteiger partial charge in [-0.1, -0.05) is 35.9 Å². The van der Waals surface area contributed by atoms with Crippen molar-refractivity contribution in [1.82, 2.24) is 9.80 Å². The zero-order valence-electron chi connectivity index (χ0n) is 15.8. The Bertz CT molecular complexity index is 702. The maximum Gasteiger partial charge on any atom is 0.0822 e. The van der Waals surface area contributed by atoms with Gasteiger partial charge in [0.15, 0.2) is 0 Å². The predicted octanol–water partition coefficient (Wildman–Crippen LogP) is 4.31. The van der Waals surface area contributed by atoms with Crippen molar-refractivity contribution >= 4 is 11.3 Å². The van der Waals surface area contributed by atoms with E-state index in [0.717, 1.165) is 45.8 Å². The molecule has 0 bridgehead atoms. The summed E-state index contributed by atoms with van der Waals surface area (Å²) < 4.78 is 6.39. The van der Waals surface area contributed by atoms with Gasteiger partial charge in [-0.3, -0.25) is 9.80 Å². The largest absolute Gasteiger partial charge is 0.372 e. The first-order chi connectivity index (χ1) is 12.7. The second-order valence-corrected chi connectivity index (χ2v) is 8.97. The number of ether oxygens (including phenoxy) is 1. The fourth-order valence-electron chi connectivity index (χ4n) is 4.43. The Kier molecular flexibility index (Phi) is 5.75. The van der Waals surface area contributed by atoms with E-state index < -0.39 is 0 Å². The molecule has 0 N–H and O–H groups in total. The van der Waals surface area contributed by atoms with Crippen molar-refractivity contribution in [2.75, 3.05) is 32.8 Å². The minimum absolute atomic E-state index is 0.0663. The van der Waals surface area contributed by atoms with Crippen molar-refractivity contribution < 1.29 is 4.74 Å². The molecule has 2 saturated heterocycles. The first-order valence-electron chi connectivity index (χ1n) is 9.87. The maximum absolute atomic E-state index is 6.39. The third-order valence-electron chi connectivity index (χ3n) is 5.77. The highest BCUT2D eigenvalue weighted by atomic mass is 32.1. The molecule has 1 aromatic heterocycles. The van der Waals surface area contributed by atoms with E-state index in [0.29, 0.717) is 0 Å². The summed E-state index contributed by atoms with van der Waals surface area (Å²) in [5.74, 6) is 0. The standard InChI is InChI=1S/C22H30N2OS/c1-19-5-2-6-20(15-19)16-23-10-4-8-22(9-11-23)18-24(12-13-25-22)17-21-7-3-14-26-21/h2-3,5-7,14-15H,4,8-13,16-18H2,1H3/t22-/m1/s1. The fraction of sp³-hybridized carbons (Fsp3) is 0.545. The molecule has 2 fully saturated rings. The molecule has 0 aliphatic carbocycles. The van der Waals surface area contributed by atoms with E-state index >= 15 is 0 Å². The minimum Gasteiger partial charge on any atom is -0.372 e. The topological polar surface area (TPSA) is 15.7 Å². The lowest BCUT2D eigenvalue weighted by molar-refractivity contribution is -0.118. The van der Waals surface area contributed by atoms with Gasteiger partial charge < -0.3 is 4.74 Å². The van der Waals surface area contributed by atoms with Gasteiger partial charge in [0.05, 0.1) is 12.2 Å². The molecular weight excluding hydrogens is 340 g/mol. The number of nitrogens with zero attached hydrogens (tertiary/aromatic N) is 2. The van der Waals surface area contributed by atoms with Gasteiger partial charge in [0.1, 0.15) is 0 Å². The quantitative estimate of drug-likeness (QED) is 0.797. The van der Waals surface area contributed by atoms with Gasteiger partial charge >= 0.3 is 0 Å². The Morgan fingerprint density at radius 3 is 2.85 bits per heavy atom. The predicted molar refractivity (Wildman–Crippen MR) is 109 cm³/mol. The molecule has 4 heteroatoms. The summed E-state index contributed by atoms with van der Waals surface area (Å²) in [5.41, 5.74) is 2.86. The van der Waals surface area contributed by atoms with Crippen LogP contribution in [0.2, 0.25) is 0 Å². The summed E-state index contributed by atoms with van der Waals surface area (Å²) in [6, 6.07) is 13.3. The van der Waals surface area contributed by atoms with Gasteiger partial charge in [0.25, 0.3) is 0 Å². The lowest BCUT2D eigenvalue weighted by atomic mass is 9.92. The number of benzene rings is 1. The molecule has 1 aromatic carbocycles. The highest BCUT2D eigenvalue weighted by Gasteiger charge is 2.38. The van der Waals surface area contributed by atoms with Gasteiger partial charge in [-0.15, -0.1) is 11.3 Å². The number of thiophene rings is 1. The Morgan fingerprint density at radius 2 is 2.00 bits per heavy atom. The summed E-state index contributed by atoms with van der Waals surface area (Å²) in [6.07, 6.45) is 3.58. The number of hydrogen-bond donors (Lipinski definition) is 0. The van der Waals surface area contributed by atoms with Crippen LogP contribution < -0.4 is 0 Å². The third-order valence-corrected chi connectivity index (χ3v) is 6.63. The van der Waals surface area contributed by atoms with Crippen LogP contribution in [0.4, 0.5) is 0 Å². The van der Waals surface area contributed by atoms with Crippen LogP contribution in [0.5, 0.6) is 0 Å². The van der Waals surface area contributed by atoms with E-state index in [2.05, 4.69) is 58.5 Å². The van der Waals surface area contributed by atoms with E-state index in [1.54, 1.807) is 0 Å². The molecule has 3 heterocycles. The number of morpholine rings is 1. The minimum atomic E-state index is 0.0663. The van der Waals surface area contributed by atoms with E-state index in [-0.39, 0.29) is 5.60 Å².